The zero-order valence-electron chi connectivity index (χ0n) is 14.7. The first-order valence-electron chi connectivity index (χ1n) is 8.48. The fourth-order valence-electron chi connectivity index (χ4n) is 2.92. The van der Waals surface area contributed by atoms with E-state index in [2.05, 4.69) is 5.32 Å². The van der Waals surface area contributed by atoms with Gasteiger partial charge in [-0.2, -0.15) is 0 Å². The van der Waals surface area contributed by atoms with Crippen LogP contribution in [0.15, 0.2) is 48.5 Å². The summed E-state index contributed by atoms with van der Waals surface area (Å²) in [6.07, 6.45) is -2.01. The van der Waals surface area contributed by atoms with Gasteiger partial charge in [0.15, 0.2) is 0 Å². The average Bonchev–Trinajstić information content (AvgIpc) is 3.06. The summed E-state index contributed by atoms with van der Waals surface area (Å²) in [5.74, 6) is -0.780. The number of anilines is 2. The summed E-state index contributed by atoms with van der Waals surface area (Å²) in [6, 6.07) is 12.7. The number of hydrogen-bond acceptors (Lipinski definition) is 4. The highest BCUT2D eigenvalue weighted by Crippen LogP contribution is 2.29. The molecule has 1 heterocycles. The Labute approximate surface area is 160 Å². The van der Waals surface area contributed by atoms with Crippen LogP contribution in [0.1, 0.15) is 5.56 Å². The zero-order valence-corrected chi connectivity index (χ0v) is 14.7. The zero-order chi connectivity index (χ0) is 20.1. The maximum Gasteiger partial charge on any atom is 0.414 e. The first kappa shape index (κ1) is 19.2. The predicted octanol–water partition coefficient (Wildman–Crippen LogP) is 2.58. The van der Waals surface area contributed by atoms with Gasteiger partial charge in [0.25, 0.3) is 0 Å². The number of halogens is 1. The first-order valence-corrected chi connectivity index (χ1v) is 8.48. The summed E-state index contributed by atoms with van der Waals surface area (Å²) in [5.41, 5.74) is 0.832. The normalized spacial score (nSPS) is 15.8. The minimum atomic E-state index is -1.30. The van der Waals surface area contributed by atoms with Gasteiger partial charge in [0, 0.05) is 0 Å². The van der Waals surface area contributed by atoms with Crippen molar-refractivity contribution in [3.63, 3.8) is 0 Å². The molecule has 3 amide bonds. The molecule has 1 atom stereocenters. The largest absolute Gasteiger partial charge is 0.465 e. The second-order valence-electron chi connectivity index (χ2n) is 6.13. The summed E-state index contributed by atoms with van der Waals surface area (Å²) >= 11 is 0. The van der Waals surface area contributed by atoms with Crippen LogP contribution in [-0.4, -0.2) is 42.9 Å². The molecule has 0 aliphatic carbocycles. The van der Waals surface area contributed by atoms with E-state index in [1.54, 1.807) is 30.3 Å². The molecule has 1 aliphatic rings. The van der Waals surface area contributed by atoms with E-state index in [0.29, 0.717) is 12.0 Å². The average molecular weight is 387 g/mol. The standard InChI is InChI=1S/C19H18FN3O5/c20-16-8-14(22-11-15(9-21-12-24)28-19(22)27)6-7-17(16)23(18(25)26)10-13-4-2-1-3-5-13/h1-8,12,15H,9-11H2,(H,21,24)(H,25,26). The molecular weight excluding hydrogens is 369 g/mol. The van der Waals surface area contributed by atoms with Gasteiger partial charge in [-0.05, 0) is 23.8 Å². The van der Waals surface area contributed by atoms with Crippen molar-refractivity contribution in [2.75, 3.05) is 22.9 Å². The van der Waals surface area contributed by atoms with E-state index in [0.717, 1.165) is 11.0 Å². The fraction of sp³-hybridized carbons (Fsp3) is 0.211. The first-order chi connectivity index (χ1) is 13.5. The lowest BCUT2D eigenvalue weighted by atomic mass is 10.2. The van der Waals surface area contributed by atoms with Crippen LogP contribution in [0.25, 0.3) is 0 Å². The molecule has 1 aliphatic heterocycles. The highest BCUT2D eigenvalue weighted by Gasteiger charge is 2.32. The second-order valence-corrected chi connectivity index (χ2v) is 6.13. The van der Waals surface area contributed by atoms with Crippen molar-refractivity contribution in [3.8, 4) is 0 Å². The molecule has 0 spiro atoms. The number of hydrogen-bond donors (Lipinski definition) is 2. The summed E-state index contributed by atoms with van der Waals surface area (Å²) in [7, 11) is 0. The van der Waals surface area contributed by atoms with E-state index in [1.807, 2.05) is 0 Å². The van der Waals surface area contributed by atoms with Crippen molar-refractivity contribution in [3.05, 3.63) is 59.9 Å². The van der Waals surface area contributed by atoms with Gasteiger partial charge in [-0.25, -0.2) is 14.0 Å². The van der Waals surface area contributed by atoms with Gasteiger partial charge >= 0.3 is 12.2 Å². The van der Waals surface area contributed by atoms with Crippen LogP contribution < -0.4 is 15.1 Å². The number of cyclic esters (lactones) is 1. The molecule has 2 aromatic carbocycles. The molecule has 0 saturated carbocycles. The van der Waals surface area contributed by atoms with Crippen LogP contribution >= 0.6 is 0 Å². The molecule has 146 valence electrons. The minimum Gasteiger partial charge on any atom is -0.465 e. The van der Waals surface area contributed by atoms with Crippen molar-refractivity contribution < 1.29 is 28.6 Å². The molecule has 0 bridgehead atoms. The van der Waals surface area contributed by atoms with E-state index in [-0.39, 0.29) is 31.0 Å². The van der Waals surface area contributed by atoms with Crippen molar-refractivity contribution in [1.82, 2.24) is 5.32 Å². The fourth-order valence-corrected chi connectivity index (χ4v) is 2.92. The predicted molar refractivity (Wildman–Crippen MR) is 98.7 cm³/mol. The summed E-state index contributed by atoms with van der Waals surface area (Å²) < 4.78 is 19.8. The third-order valence-corrected chi connectivity index (χ3v) is 4.25. The van der Waals surface area contributed by atoms with Crippen LogP contribution in [0, 0.1) is 5.82 Å². The number of rotatable bonds is 7. The second kappa shape index (κ2) is 8.38. The number of amides is 3. The van der Waals surface area contributed by atoms with Crippen LogP contribution in [0.4, 0.5) is 25.4 Å². The molecule has 1 fully saturated rings. The Hall–Kier alpha value is -3.62. The van der Waals surface area contributed by atoms with E-state index in [4.69, 9.17) is 4.74 Å². The molecule has 28 heavy (non-hydrogen) atoms. The summed E-state index contributed by atoms with van der Waals surface area (Å²) in [5, 5.41) is 11.9. The number of carboxylic acid groups (broad SMARTS) is 1. The van der Waals surface area contributed by atoms with Gasteiger partial charge in [0.2, 0.25) is 6.41 Å². The van der Waals surface area contributed by atoms with Crippen LogP contribution in [0.2, 0.25) is 0 Å². The van der Waals surface area contributed by atoms with Crippen molar-refractivity contribution in [2.45, 2.75) is 12.6 Å². The molecule has 9 heteroatoms. The number of nitrogens with one attached hydrogen (secondary N) is 1. The third kappa shape index (κ3) is 4.20. The molecule has 1 unspecified atom stereocenters. The maximum absolute atomic E-state index is 14.7. The van der Waals surface area contributed by atoms with E-state index < -0.39 is 24.1 Å². The molecule has 0 radical (unpaired) electrons. The van der Waals surface area contributed by atoms with E-state index in [9.17, 15) is 23.9 Å². The molecule has 0 aromatic heterocycles. The lowest BCUT2D eigenvalue weighted by molar-refractivity contribution is -0.109. The smallest absolute Gasteiger partial charge is 0.414 e. The van der Waals surface area contributed by atoms with Gasteiger partial charge in [0.1, 0.15) is 11.9 Å². The van der Waals surface area contributed by atoms with Crippen LogP contribution in [0.3, 0.4) is 0 Å². The van der Waals surface area contributed by atoms with Gasteiger partial charge in [-0.3, -0.25) is 14.6 Å². The monoisotopic (exact) mass is 387 g/mol. The molecule has 2 aromatic rings. The lowest BCUT2D eigenvalue weighted by Crippen LogP contribution is -2.31. The Bertz CT molecular complexity index is 877. The highest BCUT2D eigenvalue weighted by atomic mass is 19.1. The Kier molecular flexibility index (Phi) is 5.73. The Morgan fingerprint density at radius 2 is 2.07 bits per heavy atom. The summed E-state index contributed by atoms with van der Waals surface area (Å²) in [6.45, 7) is 0.277. The Morgan fingerprint density at radius 3 is 2.71 bits per heavy atom. The summed E-state index contributed by atoms with van der Waals surface area (Å²) in [4.78, 5) is 36.1. The van der Waals surface area contributed by atoms with Gasteiger partial charge in [-0.1, -0.05) is 30.3 Å². The van der Waals surface area contributed by atoms with Gasteiger partial charge < -0.3 is 15.2 Å². The molecule has 2 N–H and O–H groups in total. The molecule has 8 nitrogen and oxygen atoms in total. The number of nitrogens with zero attached hydrogens (tertiary/aromatic N) is 2. The Morgan fingerprint density at radius 1 is 1.32 bits per heavy atom. The molecular formula is C19H18FN3O5. The van der Waals surface area contributed by atoms with Crippen LogP contribution in [-0.2, 0) is 16.1 Å². The number of benzene rings is 2. The topological polar surface area (TPSA) is 99.2 Å². The van der Waals surface area contributed by atoms with Crippen LogP contribution in [0.5, 0.6) is 0 Å². The highest BCUT2D eigenvalue weighted by molar-refractivity contribution is 5.91. The van der Waals surface area contributed by atoms with Crippen molar-refractivity contribution in [2.24, 2.45) is 0 Å². The number of carbonyl (C=O) groups is 3. The quantitative estimate of drug-likeness (QED) is 0.712. The van der Waals surface area contributed by atoms with Crippen molar-refractivity contribution in [1.29, 1.82) is 0 Å². The Balaban J connectivity index is 1.80. The molecule has 1 saturated heterocycles. The minimum absolute atomic E-state index is 0.0162. The number of ether oxygens (including phenoxy) is 1. The third-order valence-electron chi connectivity index (χ3n) is 4.25. The van der Waals surface area contributed by atoms with Crippen molar-refractivity contribution >= 4 is 30.0 Å². The van der Waals surface area contributed by atoms with Gasteiger partial charge in [0.05, 0.1) is 31.0 Å². The lowest BCUT2D eigenvalue weighted by Gasteiger charge is -2.21. The maximum atomic E-state index is 14.7. The SMILES string of the molecule is O=CNCC1CN(c2ccc(N(Cc3ccccc3)C(=O)O)c(F)c2)C(=O)O1. The van der Waals surface area contributed by atoms with E-state index in [1.165, 1.54) is 17.0 Å². The van der Waals surface area contributed by atoms with Gasteiger partial charge in [-0.15, -0.1) is 0 Å². The number of carbonyl (C=O) groups excluding carboxylic acids is 2. The molecule has 3 rings (SSSR count). The van der Waals surface area contributed by atoms with E-state index >= 15 is 0 Å².